The zero-order valence-electron chi connectivity index (χ0n) is 16.7. The van der Waals surface area contributed by atoms with Crippen LogP contribution >= 0.6 is 11.3 Å². The normalized spacial score (nSPS) is 12.8. The molecule has 0 aliphatic heterocycles. The minimum absolute atomic E-state index is 0.145. The predicted octanol–water partition coefficient (Wildman–Crippen LogP) is 2.93. The maximum atomic E-state index is 13.3. The number of benzene rings is 1. The Hall–Kier alpha value is -2.56. The van der Waals surface area contributed by atoms with Gasteiger partial charge in [0.15, 0.2) is 0 Å². The summed E-state index contributed by atoms with van der Waals surface area (Å²) in [6, 6.07) is 8.59. The molecular weight excluding hydrogens is 427 g/mol. The SMILES string of the molecule is CN(CCCC(=O)NC(c1ccc(F)cc1)c1nccn1C)S(=O)(=O)c1cccs1. The quantitative estimate of drug-likeness (QED) is 0.543. The summed E-state index contributed by atoms with van der Waals surface area (Å²) >= 11 is 1.16. The third-order valence-electron chi connectivity index (χ3n) is 4.66. The van der Waals surface area contributed by atoms with Crippen LogP contribution in [0.25, 0.3) is 0 Å². The summed E-state index contributed by atoms with van der Waals surface area (Å²) in [7, 11) is -0.216. The zero-order valence-corrected chi connectivity index (χ0v) is 18.3. The third kappa shape index (κ3) is 5.13. The van der Waals surface area contributed by atoms with E-state index in [4.69, 9.17) is 0 Å². The predicted molar refractivity (Wildman–Crippen MR) is 113 cm³/mol. The maximum absolute atomic E-state index is 13.3. The number of aryl methyl sites for hydroxylation is 1. The molecule has 0 spiro atoms. The minimum Gasteiger partial charge on any atom is -0.342 e. The number of nitrogens with zero attached hydrogens (tertiary/aromatic N) is 3. The van der Waals surface area contributed by atoms with Crippen LogP contribution in [0.4, 0.5) is 4.39 Å². The van der Waals surface area contributed by atoms with Gasteiger partial charge in [-0.05, 0) is 35.6 Å². The van der Waals surface area contributed by atoms with Crippen LogP contribution in [0.1, 0.15) is 30.3 Å². The fourth-order valence-corrected chi connectivity index (χ4v) is 5.40. The van der Waals surface area contributed by atoms with Crippen LogP contribution in [-0.2, 0) is 21.9 Å². The van der Waals surface area contributed by atoms with Crippen molar-refractivity contribution in [2.24, 2.45) is 7.05 Å². The largest absolute Gasteiger partial charge is 0.342 e. The van der Waals surface area contributed by atoms with Gasteiger partial charge in [0.25, 0.3) is 10.0 Å². The van der Waals surface area contributed by atoms with Crippen molar-refractivity contribution >= 4 is 27.3 Å². The van der Waals surface area contributed by atoms with Gasteiger partial charge in [-0.1, -0.05) is 18.2 Å². The van der Waals surface area contributed by atoms with E-state index in [1.54, 1.807) is 46.6 Å². The Morgan fingerprint density at radius 3 is 2.63 bits per heavy atom. The van der Waals surface area contributed by atoms with E-state index in [-0.39, 0.29) is 28.9 Å². The molecule has 3 rings (SSSR count). The van der Waals surface area contributed by atoms with Crippen molar-refractivity contribution in [2.75, 3.05) is 13.6 Å². The first-order valence-corrected chi connectivity index (χ1v) is 11.6. The van der Waals surface area contributed by atoms with Gasteiger partial charge in [-0.2, -0.15) is 0 Å². The Balaban J connectivity index is 1.62. The van der Waals surface area contributed by atoms with E-state index in [1.807, 2.05) is 7.05 Å². The van der Waals surface area contributed by atoms with Gasteiger partial charge in [-0.15, -0.1) is 11.3 Å². The summed E-state index contributed by atoms with van der Waals surface area (Å²) in [5.74, 6) is 0.0141. The maximum Gasteiger partial charge on any atom is 0.252 e. The number of halogens is 1. The van der Waals surface area contributed by atoms with Crippen LogP contribution in [0.3, 0.4) is 0 Å². The van der Waals surface area contributed by atoms with E-state index < -0.39 is 16.1 Å². The first-order chi connectivity index (χ1) is 14.3. The molecule has 7 nitrogen and oxygen atoms in total. The van der Waals surface area contributed by atoms with Gasteiger partial charge in [0, 0.05) is 39.5 Å². The topological polar surface area (TPSA) is 84.3 Å². The second-order valence-corrected chi connectivity index (χ2v) is 10.0. The molecule has 10 heteroatoms. The van der Waals surface area contributed by atoms with E-state index in [2.05, 4.69) is 10.3 Å². The molecule has 0 aliphatic rings. The first-order valence-electron chi connectivity index (χ1n) is 9.31. The van der Waals surface area contributed by atoms with Crippen molar-refractivity contribution in [1.29, 1.82) is 0 Å². The smallest absolute Gasteiger partial charge is 0.252 e. The van der Waals surface area contributed by atoms with E-state index >= 15 is 0 Å². The number of carbonyl (C=O) groups is 1. The van der Waals surface area contributed by atoms with Crippen LogP contribution in [0.2, 0.25) is 0 Å². The van der Waals surface area contributed by atoms with Crippen LogP contribution in [-0.4, -0.2) is 41.8 Å². The average molecular weight is 451 g/mol. The highest BCUT2D eigenvalue weighted by Crippen LogP contribution is 2.22. The number of rotatable bonds is 9. The molecule has 1 atom stereocenters. The molecule has 1 amide bonds. The molecule has 30 heavy (non-hydrogen) atoms. The van der Waals surface area contributed by atoms with Gasteiger partial charge >= 0.3 is 0 Å². The number of aromatic nitrogens is 2. The highest BCUT2D eigenvalue weighted by molar-refractivity contribution is 7.91. The molecule has 0 saturated carbocycles. The lowest BCUT2D eigenvalue weighted by Gasteiger charge is -2.20. The third-order valence-corrected chi connectivity index (χ3v) is 7.89. The lowest BCUT2D eigenvalue weighted by molar-refractivity contribution is -0.121. The Morgan fingerprint density at radius 2 is 2.03 bits per heavy atom. The number of amides is 1. The Bertz CT molecular complexity index is 1080. The van der Waals surface area contributed by atoms with E-state index in [9.17, 15) is 17.6 Å². The highest BCUT2D eigenvalue weighted by atomic mass is 32.2. The van der Waals surface area contributed by atoms with Crippen molar-refractivity contribution in [2.45, 2.75) is 23.1 Å². The molecule has 1 unspecified atom stereocenters. The second kappa shape index (κ2) is 9.50. The molecule has 0 saturated heterocycles. The van der Waals surface area contributed by atoms with Crippen LogP contribution in [0, 0.1) is 5.82 Å². The zero-order chi connectivity index (χ0) is 21.7. The summed E-state index contributed by atoms with van der Waals surface area (Å²) in [6.07, 6.45) is 3.90. The fourth-order valence-electron chi connectivity index (χ4n) is 2.99. The number of carbonyl (C=O) groups excluding carboxylic acids is 1. The van der Waals surface area contributed by atoms with Crippen molar-refractivity contribution in [3.63, 3.8) is 0 Å². The van der Waals surface area contributed by atoms with Crippen molar-refractivity contribution in [3.8, 4) is 0 Å². The molecule has 0 fully saturated rings. The minimum atomic E-state index is -3.53. The summed E-state index contributed by atoms with van der Waals surface area (Å²) in [6.45, 7) is 0.220. The lowest BCUT2D eigenvalue weighted by atomic mass is 10.1. The Kier molecular flexibility index (Phi) is 7.01. The summed E-state index contributed by atoms with van der Waals surface area (Å²) in [5, 5.41) is 4.64. The van der Waals surface area contributed by atoms with E-state index in [0.717, 1.165) is 11.3 Å². The number of imidazole rings is 1. The number of sulfonamides is 1. The fraction of sp³-hybridized carbons (Fsp3) is 0.300. The van der Waals surface area contributed by atoms with Crippen LogP contribution in [0.15, 0.2) is 58.4 Å². The molecule has 1 aromatic carbocycles. The summed E-state index contributed by atoms with van der Waals surface area (Å²) < 4.78 is 41.5. The standard InChI is InChI=1S/C20H23FN4O3S2/c1-24-13-11-22-20(24)19(15-7-9-16(21)10-8-15)23-17(26)5-3-12-25(2)30(27,28)18-6-4-14-29-18/h4,6-11,13-14,19H,3,5,12H2,1-2H3,(H,23,26). The number of thiophene rings is 1. The Labute approximate surface area is 179 Å². The Morgan fingerprint density at radius 1 is 1.30 bits per heavy atom. The molecule has 3 aromatic rings. The second-order valence-electron chi connectivity index (χ2n) is 6.81. The lowest BCUT2D eigenvalue weighted by Crippen LogP contribution is -2.32. The number of hydrogen-bond donors (Lipinski definition) is 1. The first kappa shape index (κ1) is 22.1. The highest BCUT2D eigenvalue weighted by Gasteiger charge is 2.23. The number of nitrogens with one attached hydrogen (secondary N) is 1. The van der Waals surface area contributed by atoms with Crippen molar-refractivity contribution in [3.05, 3.63) is 71.4 Å². The van der Waals surface area contributed by atoms with Crippen molar-refractivity contribution in [1.82, 2.24) is 19.2 Å². The van der Waals surface area contributed by atoms with Gasteiger partial charge in [0.05, 0.1) is 0 Å². The van der Waals surface area contributed by atoms with Gasteiger partial charge in [-0.3, -0.25) is 4.79 Å². The van der Waals surface area contributed by atoms with Gasteiger partial charge in [0.1, 0.15) is 21.9 Å². The molecule has 0 bridgehead atoms. The number of hydrogen-bond acceptors (Lipinski definition) is 5. The summed E-state index contributed by atoms with van der Waals surface area (Å²) in [4.78, 5) is 16.9. The molecule has 160 valence electrons. The molecule has 1 N–H and O–H groups in total. The van der Waals surface area contributed by atoms with Gasteiger partial charge in [-0.25, -0.2) is 22.1 Å². The van der Waals surface area contributed by atoms with Crippen molar-refractivity contribution < 1.29 is 17.6 Å². The van der Waals surface area contributed by atoms with Gasteiger partial charge < -0.3 is 9.88 Å². The molecule has 2 aromatic heterocycles. The molecule has 2 heterocycles. The van der Waals surface area contributed by atoms with E-state index in [1.165, 1.54) is 23.5 Å². The monoisotopic (exact) mass is 450 g/mol. The van der Waals surface area contributed by atoms with Gasteiger partial charge in [0.2, 0.25) is 5.91 Å². The molecule has 0 radical (unpaired) electrons. The summed E-state index contributed by atoms with van der Waals surface area (Å²) in [5.41, 5.74) is 0.705. The van der Waals surface area contributed by atoms with Crippen LogP contribution in [0.5, 0.6) is 0 Å². The van der Waals surface area contributed by atoms with Crippen LogP contribution < -0.4 is 5.32 Å². The van der Waals surface area contributed by atoms with E-state index in [0.29, 0.717) is 17.8 Å². The molecule has 0 aliphatic carbocycles. The molecular formula is C20H23FN4O3S2. The average Bonchev–Trinajstić information content (AvgIpc) is 3.39.